The zero-order chi connectivity index (χ0) is 30.9. The van der Waals surface area contributed by atoms with Crippen molar-refractivity contribution in [3.05, 3.63) is 167 Å². The van der Waals surface area contributed by atoms with Crippen molar-refractivity contribution in [2.45, 2.75) is 58.7 Å². The average molecular weight is 583 g/mol. The number of hydrogen-bond donors (Lipinski definition) is 1. The highest BCUT2D eigenvalue weighted by Gasteiger charge is 2.28. The lowest BCUT2D eigenvalue weighted by atomic mass is 9.92. The fourth-order valence-corrected chi connectivity index (χ4v) is 5.61. The molecule has 0 aliphatic heterocycles. The molecule has 0 aliphatic rings. The van der Waals surface area contributed by atoms with Crippen LogP contribution < -0.4 is 10.1 Å². The molecule has 4 heteroatoms. The average Bonchev–Trinajstić information content (AvgIpc) is 3.05. The van der Waals surface area contributed by atoms with E-state index in [4.69, 9.17) is 4.74 Å². The molecule has 4 nitrogen and oxygen atoms in total. The van der Waals surface area contributed by atoms with Gasteiger partial charge in [0.25, 0.3) is 0 Å². The second-order valence-electron chi connectivity index (χ2n) is 11.8. The number of carbonyl (C=O) groups is 1. The first-order valence-electron chi connectivity index (χ1n) is 15.5. The van der Waals surface area contributed by atoms with Gasteiger partial charge in [0.2, 0.25) is 0 Å². The van der Waals surface area contributed by atoms with Crippen LogP contribution in [-0.4, -0.2) is 10.9 Å². The Kier molecular flexibility index (Phi) is 10.1. The van der Waals surface area contributed by atoms with Gasteiger partial charge >= 0.3 is 6.03 Å². The van der Waals surface area contributed by atoms with Crippen LogP contribution in [0.1, 0.15) is 79.0 Å². The van der Waals surface area contributed by atoms with Crippen molar-refractivity contribution < 1.29 is 9.53 Å². The van der Waals surface area contributed by atoms with E-state index in [9.17, 15) is 4.79 Å². The van der Waals surface area contributed by atoms with E-state index in [0.717, 1.165) is 44.8 Å². The summed E-state index contributed by atoms with van der Waals surface area (Å²) in [6.45, 7) is 9.61. The van der Waals surface area contributed by atoms with Gasteiger partial charge in [0.15, 0.2) is 0 Å². The van der Waals surface area contributed by atoms with Crippen LogP contribution in [0.3, 0.4) is 0 Å². The summed E-state index contributed by atoms with van der Waals surface area (Å²) in [4.78, 5) is 16.5. The van der Waals surface area contributed by atoms with Gasteiger partial charge in [-0.3, -0.25) is 0 Å². The molecule has 0 bridgehead atoms. The molecule has 0 fully saturated rings. The predicted octanol–water partition coefficient (Wildman–Crippen LogP) is 10.3. The monoisotopic (exact) mass is 582 g/mol. The highest BCUT2D eigenvalue weighted by molar-refractivity contribution is 5.92. The van der Waals surface area contributed by atoms with E-state index < -0.39 is 0 Å². The van der Waals surface area contributed by atoms with Crippen LogP contribution in [0.5, 0.6) is 5.75 Å². The molecule has 0 atom stereocenters. The zero-order valence-electron chi connectivity index (χ0n) is 26.1. The molecule has 224 valence electrons. The fraction of sp³-hybridized carbons (Fsp3) is 0.225. The number of carbonyl (C=O) groups excluding carboxylic acids is 1. The predicted molar refractivity (Wildman–Crippen MR) is 181 cm³/mol. The quantitative estimate of drug-likeness (QED) is 0.168. The minimum Gasteiger partial charge on any atom is -0.489 e. The first kappa shape index (κ1) is 30.6. The summed E-state index contributed by atoms with van der Waals surface area (Å²) in [6.07, 6.45) is 0. The highest BCUT2D eigenvalue weighted by atomic mass is 16.5. The summed E-state index contributed by atoms with van der Waals surface area (Å²) in [5.41, 5.74) is 7.44. The van der Waals surface area contributed by atoms with Crippen LogP contribution in [0.15, 0.2) is 133 Å². The first-order chi connectivity index (χ1) is 21.4. The number of rotatable bonds is 11. The molecule has 0 spiro atoms. The Morgan fingerprint density at radius 1 is 0.614 bits per heavy atom. The second-order valence-corrected chi connectivity index (χ2v) is 11.8. The Hall–Kier alpha value is -4.83. The molecule has 5 aromatic carbocycles. The van der Waals surface area contributed by atoms with Crippen LogP contribution in [-0.2, 0) is 13.2 Å². The van der Waals surface area contributed by atoms with Crippen molar-refractivity contribution in [2.24, 2.45) is 0 Å². The number of benzene rings is 5. The number of anilines is 1. The lowest BCUT2D eigenvalue weighted by Gasteiger charge is -2.34. The van der Waals surface area contributed by atoms with E-state index in [-0.39, 0.29) is 23.9 Å². The van der Waals surface area contributed by atoms with E-state index in [2.05, 4.69) is 99.7 Å². The Morgan fingerprint density at radius 2 is 1.11 bits per heavy atom. The summed E-state index contributed by atoms with van der Waals surface area (Å²) in [5, 5.41) is 3.39. The second kappa shape index (κ2) is 14.6. The standard InChI is InChI=1S/C40H42N2O2/c1-29(2)36-21-14-22-37(30(3)4)38(36)41-40(43)42(39(33-17-10-6-11-18-33)34-19-12-7-13-20-34)27-31-23-25-35(26-24-31)44-28-32-15-8-5-9-16-32/h5-26,29-30,39H,27-28H2,1-4H3,(H,41,43). The summed E-state index contributed by atoms with van der Waals surface area (Å²) in [7, 11) is 0. The molecule has 1 N–H and O–H groups in total. The minimum atomic E-state index is -0.292. The van der Waals surface area contributed by atoms with Gasteiger partial charge in [-0.15, -0.1) is 0 Å². The first-order valence-corrected chi connectivity index (χ1v) is 15.5. The molecule has 0 heterocycles. The normalized spacial score (nSPS) is 11.2. The van der Waals surface area contributed by atoms with Gasteiger partial charge in [0.1, 0.15) is 12.4 Å². The van der Waals surface area contributed by atoms with Crippen LogP contribution in [0.2, 0.25) is 0 Å². The van der Waals surface area contributed by atoms with Crippen molar-refractivity contribution in [1.82, 2.24) is 4.90 Å². The molecule has 0 saturated heterocycles. The molecule has 0 radical (unpaired) electrons. The van der Waals surface area contributed by atoms with Gasteiger partial charge in [-0.2, -0.15) is 0 Å². The maximum Gasteiger partial charge on any atom is 0.322 e. The van der Waals surface area contributed by atoms with Gasteiger partial charge in [-0.1, -0.05) is 149 Å². The molecule has 0 aliphatic carbocycles. The van der Waals surface area contributed by atoms with Crippen molar-refractivity contribution >= 4 is 11.7 Å². The third-order valence-corrected chi connectivity index (χ3v) is 7.93. The Morgan fingerprint density at radius 3 is 1.61 bits per heavy atom. The van der Waals surface area contributed by atoms with E-state index in [1.54, 1.807) is 0 Å². The molecular weight excluding hydrogens is 540 g/mol. The number of para-hydroxylation sites is 1. The SMILES string of the molecule is CC(C)c1cccc(C(C)C)c1NC(=O)N(Cc1ccc(OCc2ccccc2)cc1)C(c1ccccc1)c1ccccc1. The number of hydrogen-bond acceptors (Lipinski definition) is 2. The zero-order valence-corrected chi connectivity index (χ0v) is 26.1. The Labute approximate surface area is 262 Å². The number of nitrogens with zero attached hydrogens (tertiary/aromatic N) is 1. The van der Waals surface area contributed by atoms with E-state index in [1.165, 1.54) is 0 Å². The lowest BCUT2D eigenvalue weighted by Crippen LogP contribution is -2.38. The summed E-state index contributed by atoms with van der Waals surface area (Å²) in [6, 6.07) is 44.7. The molecule has 0 unspecified atom stereocenters. The van der Waals surface area contributed by atoms with Crippen molar-refractivity contribution in [3.63, 3.8) is 0 Å². The third-order valence-electron chi connectivity index (χ3n) is 7.93. The van der Waals surface area contributed by atoms with Crippen molar-refractivity contribution in [3.8, 4) is 5.75 Å². The van der Waals surface area contributed by atoms with E-state index in [1.807, 2.05) is 71.6 Å². The number of ether oxygens (including phenoxy) is 1. The smallest absolute Gasteiger partial charge is 0.322 e. The number of amides is 2. The summed E-state index contributed by atoms with van der Waals surface area (Å²) in [5.74, 6) is 1.32. The van der Waals surface area contributed by atoms with Gasteiger partial charge in [-0.05, 0) is 57.3 Å². The molecule has 5 rings (SSSR count). The van der Waals surface area contributed by atoms with Crippen LogP contribution in [0.25, 0.3) is 0 Å². The van der Waals surface area contributed by atoms with Crippen molar-refractivity contribution in [1.29, 1.82) is 0 Å². The summed E-state index contributed by atoms with van der Waals surface area (Å²) >= 11 is 0. The van der Waals surface area contributed by atoms with Crippen LogP contribution in [0.4, 0.5) is 10.5 Å². The third kappa shape index (κ3) is 7.57. The number of nitrogens with one attached hydrogen (secondary N) is 1. The van der Waals surface area contributed by atoms with Gasteiger partial charge in [0.05, 0.1) is 6.04 Å². The molecule has 0 aromatic heterocycles. The van der Waals surface area contributed by atoms with Crippen LogP contribution in [0, 0.1) is 0 Å². The number of urea groups is 1. The topological polar surface area (TPSA) is 41.6 Å². The maximum absolute atomic E-state index is 14.6. The molecule has 2 amide bonds. The maximum atomic E-state index is 14.6. The fourth-order valence-electron chi connectivity index (χ4n) is 5.61. The summed E-state index contributed by atoms with van der Waals surface area (Å²) < 4.78 is 6.04. The van der Waals surface area contributed by atoms with Gasteiger partial charge in [-0.25, -0.2) is 4.79 Å². The highest BCUT2D eigenvalue weighted by Crippen LogP contribution is 2.35. The van der Waals surface area contributed by atoms with E-state index >= 15 is 0 Å². The van der Waals surface area contributed by atoms with Gasteiger partial charge in [0, 0.05) is 12.2 Å². The Bertz CT molecular complexity index is 1550. The molecule has 44 heavy (non-hydrogen) atoms. The lowest BCUT2D eigenvalue weighted by molar-refractivity contribution is 0.194. The molecule has 0 saturated carbocycles. The minimum absolute atomic E-state index is 0.137. The largest absolute Gasteiger partial charge is 0.489 e. The molecule has 5 aromatic rings. The molecular formula is C40H42N2O2. The van der Waals surface area contributed by atoms with Crippen molar-refractivity contribution in [2.75, 3.05) is 5.32 Å². The Balaban J connectivity index is 1.50. The van der Waals surface area contributed by atoms with Gasteiger partial charge < -0.3 is 15.0 Å². The van der Waals surface area contributed by atoms with E-state index in [0.29, 0.717) is 13.2 Å². The van der Waals surface area contributed by atoms with Crippen LogP contribution >= 0.6 is 0 Å².